The van der Waals surface area contributed by atoms with Gasteiger partial charge >= 0.3 is 0 Å². The molecule has 0 spiro atoms. The molecule has 10 rings (SSSR count). The van der Waals surface area contributed by atoms with E-state index in [-0.39, 0.29) is 5.41 Å². The smallest absolute Gasteiger partial charge is 0.142 e. The van der Waals surface area contributed by atoms with E-state index in [1.54, 1.807) is 0 Å². The van der Waals surface area contributed by atoms with Crippen molar-refractivity contribution in [3.63, 3.8) is 0 Å². The predicted molar refractivity (Wildman–Crippen MR) is 234 cm³/mol. The minimum absolute atomic E-state index is 0.101. The number of rotatable bonds is 5. The number of fused-ring (bicyclic) bond motifs is 5. The molecule has 2 N–H and O–H groups in total. The van der Waals surface area contributed by atoms with Gasteiger partial charge in [-0.05, 0) is 118 Å². The molecule has 0 unspecified atom stereocenters. The predicted octanol–water partition coefficient (Wildman–Crippen LogP) is 14.1. The van der Waals surface area contributed by atoms with Gasteiger partial charge in [-0.25, -0.2) is 0 Å². The zero-order valence-electron chi connectivity index (χ0n) is 31.5. The molecule has 9 aromatic rings. The lowest BCUT2D eigenvalue weighted by Gasteiger charge is -2.20. The molecule has 0 saturated carbocycles. The van der Waals surface area contributed by atoms with Gasteiger partial charge in [0.15, 0.2) is 0 Å². The van der Waals surface area contributed by atoms with Crippen molar-refractivity contribution in [2.24, 2.45) is 0 Å². The Hall–Kier alpha value is -6.54. The van der Waals surface area contributed by atoms with Gasteiger partial charge in [-0.15, -0.1) is 0 Å². The van der Waals surface area contributed by atoms with E-state index in [4.69, 9.17) is 0 Å². The van der Waals surface area contributed by atoms with E-state index in [2.05, 4.69) is 214 Å². The normalized spacial score (nSPS) is 12.2. The second-order valence-corrected chi connectivity index (χ2v) is 15.9. The lowest BCUT2D eigenvalue weighted by Crippen LogP contribution is -2.69. The Kier molecular flexibility index (Phi) is 7.87. The van der Waals surface area contributed by atoms with Crippen LogP contribution < -0.4 is 5.32 Å². The Bertz CT molecular complexity index is 2880. The van der Waals surface area contributed by atoms with Crippen molar-refractivity contribution in [2.45, 2.75) is 26.2 Å². The summed E-state index contributed by atoms with van der Waals surface area (Å²) >= 11 is 0. The summed E-state index contributed by atoms with van der Waals surface area (Å²) in [5.41, 5.74) is 19.0. The number of nitrogens with two attached hydrogens (primary N) is 1. The van der Waals surface area contributed by atoms with E-state index < -0.39 is 0 Å². The van der Waals surface area contributed by atoms with Crippen molar-refractivity contribution in [3.8, 4) is 66.8 Å². The van der Waals surface area contributed by atoms with Crippen LogP contribution >= 0.6 is 0 Å². The van der Waals surface area contributed by atoms with Gasteiger partial charge in [0, 0.05) is 23.3 Å². The maximum absolute atomic E-state index is 2.41. The maximum Gasteiger partial charge on any atom is 0.142 e. The zero-order chi connectivity index (χ0) is 37.1. The van der Waals surface area contributed by atoms with Crippen LogP contribution in [0, 0.1) is 0 Å². The maximum atomic E-state index is 2.41. The second kappa shape index (κ2) is 13.1. The van der Waals surface area contributed by atoms with Crippen molar-refractivity contribution in [1.82, 2.24) is 0 Å². The molecule has 1 aliphatic rings. The highest BCUT2D eigenvalue weighted by Gasteiger charge is 2.26. The average Bonchev–Trinajstić information content (AvgIpc) is 3.60. The first-order valence-corrected chi connectivity index (χ1v) is 19.3. The molecule has 0 aromatic heterocycles. The largest absolute Gasteiger partial charge is 0.281 e. The molecule has 0 fully saturated rings. The number of hydrogen-bond acceptors (Lipinski definition) is 0. The van der Waals surface area contributed by atoms with E-state index in [1.807, 2.05) is 0 Å². The van der Waals surface area contributed by atoms with E-state index in [9.17, 15) is 0 Å². The number of benzene rings is 9. The second-order valence-electron chi connectivity index (χ2n) is 15.9. The summed E-state index contributed by atoms with van der Waals surface area (Å²) in [6.45, 7) is 6.87. The van der Waals surface area contributed by atoms with Crippen molar-refractivity contribution >= 4 is 32.9 Å². The van der Waals surface area contributed by atoms with Gasteiger partial charge in [0.1, 0.15) is 11.4 Å². The number of quaternary nitrogens is 1. The molecular weight excluding hydrogens is 663 g/mol. The van der Waals surface area contributed by atoms with Gasteiger partial charge in [-0.2, -0.15) is 0 Å². The van der Waals surface area contributed by atoms with Crippen LogP contribution in [0.4, 0.5) is 11.4 Å². The highest BCUT2D eigenvalue weighted by Crippen LogP contribution is 2.47. The van der Waals surface area contributed by atoms with Gasteiger partial charge in [-0.3, -0.25) is 5.32 Å². The Morgan fingerprint density at radius 3 is 1.22 bits per heavy atom. The summed E-state index contributed by atoms with van der Waals surface area (Å²) < 4.78 is 0. The Labute approximate surface area is 323 Å². The van der Waals surface area contributed by atoms with Crippen LogP contribution in [-0.2, 0) is 5.41 Å². The summed E-state index contributed by atoms with van der Waals surface area (Å²) in [7, 11) is 0. The summed E-state index contributed by atoms with van der Waals surface area (Å²) in [6.07, 6.45) is 0. The standard InChI is InChI=1S/C54H41N/c1-54(2,3)43-26-30-51-47(34-43)46-31-42(25-29-50(46)55-51)37-19-21-39(22-20-37)53-45-28-24-40(35-13-7-4-8-14-35)32-48(45)52(38-17-11-6-12-18-38)44-27-23-41(33-49(44)53)36-15-9-5-10-16-36/h4-34,55H,1-3H3/p+1. The molecule has 1 heteroatoms. The minimum atomic E-state index is 0.101. The third-order valence-electron chi connectivity index (χ3n) is 11.5. The molecule has 1 nitrogen and oxygen atoms in total. The summed E-state index contributed by atoms with van der Waals surface area (Å²) in [5.74, 6) is 0. The molecule has 262 valence electrons. The lowest BCUT2D eigenvalue weighted by molar-refractivity contribution is -0.473. The van der Waals surface area contributed by atoms with Gasteiger partial charge in [0.05, 0.1) is 0 Å². The fraction of sp³-hybridized carbons (Fsp3) is 0.0741. The third kappa shape index (κ3) is 5.85. The van der Waals surface area contributed by atoms with Crippen LogP contribution in [-0.4, -0.2) is 0 Å². The van der Waals surface area contributed by atoms with Gasteiger partial charge < -0.3 is 0 Å². The Morgan fingerprint density at radius 1 is 0.309 bits per heavy atom. The van der Waals surface area contributed by atoms with Crippen LogP contribution in [0.5, 0.6) is 0 Å². The molecule has 1 heterocycles. The average molecular weight is 705 g/mol. The van der Waals surface area contributed by atoms with E-state index in [1.165, 1.54) is 105 Å². The van der Waals surface area contributed by atoms with E-state index in [0.29, 0.717) is 0 Å². The molecular formula is C54H42N+. The molecule has 0 saturated heterocycles. The zero-order valence-corrected chi connectivity index (χ0v) is 31.5. The van der Waals surface area contributed by atoms with Crippen LogP contribution in [0.15, 0.2) is 188 Å². The van der Waals surface area contributed by atoms with Crippen molar-refractivity contribution in [1.29, 1.82) is 0 Å². The van der Waals surface area contributed by atoms with Crippen molar-refractivity contribution in [2.75, 3.05) is 0 Å². The molecule has 0 radical (unpaired) electrons. The van der Waals surface area contributed by atoms with E-state index >= 15 is 0 Å². The fourth-order valence-electron chi connectivity index (χ4n) is 8.55. The third-order valence-corrected chi connectivity index (χ3v) is 11.5. The topological polar surface area (TPSA) is 16.6 Å². The van der Waals surface area contributed by atoms with Crippen LogP contribution in [0.25, 0.3) is 88.3 Å². The first kappa shape index (κ1) is 33.1. The molecule has 55 heavy (non-hydrogen) atoms. The first-order valence-electron chi connectivity index (χ1n) is 19.3. The lowest BCUT2D eigenvalue weighted by atomic mass is 9.83. The Morgan fingerprint density at radius 2 is 0.691 bits per heavy atom. The molecule has 9 aromatic carbocycles. The summed E-state index contributed by atoms with van der Waals surface area (Å²) in [4.78, 5) is 0. The molecule has 1 aliphatic heterocycles. The highest BCUT2D eigenvalue weighted by molar-refractivity contribution is 6.22. The summed E-state index contributed by atoms with van der Waals surface area (Å²) in [6, 6.07) is 69.7. The fourth-order valence-corrected chi connectivity index (χ4v) is 8.55. The molecule has 0 aliphatic carbocycles. The van der Waals surface area contributed by atoms with E-state index in [0.717, 1.165) is 0 Å². The molecule has 0 bridgehead atoms. The summed E-state index contributed by atoms with van der Waals surface area (Å²) in [5, 5.41) is 7.35. The van der Waals surface area contributed by atoms with Gasteiger partial charge in [-0.1, -0.05) is 166 Å². The van der Waals surface area contributed by atoms with Gasteiger partial charge in [0.25, 0.3) is 0 Å². The van der Waals surface area contributed by atoms with Crippen LogP contribution in [0.3, 0.4) is 0 Å². The monoisotopic (exact) mass is 704 g/mol. The molecule has 0 atom stereocenters. The Balaban J connectivity index is 1.17. The van der Waals surface area contributed by atoms with Crippen molar-refractivity contribution in [3.05, 3.63) is 194 Å². The quantitative estimate of drug-likeness (QED) is 0.136. The van der Waals surface area contributed by atoms with Gasteiger partial charge in [0.2, 0.25) is 0 Å². The first-order chi connectivity index (χ1) is 26.9. The minimum Gasteiger partial charge on any atom is -0.281 e. The number of hydrogen-bond donors (Lipinski definition) is 1. The van der Waals surface area contributed by atoms with Crippen LogP contribution in [0.1, 0.15) is 26.3 Å². The highest BCUT2D eigenvalue weighted by atomic mass is 14.9. The van der Waals surface area contributed by atoms with Crippen molar-refractivity contribution < 1.29 is 5.32 Å². The van der Waals surface area contributed by atoms with Crippen LogP contribution in [0.2, 0.25) is 0 Å². The molecule has 0 amide bonds. The SMILES string of the molecule is CC(C)(C)c1ccc2c(c1)-c1cc(-c3ccc(-c4c5ccc(-c6ccccc6)cc5c(-c5ccccc5)c5ccc(-c6ccccc6)cc45)cc3)ccc1[NH2+]2.